The zero-order valence-corrected chi connectivity index (χ0v) is 35.7. The van der Waals surface area contributed by atoms with Crippen molar-refractivity contribution in [1.82, 2.24) is 39.5 Å². The van der Waals surface area contributed by atoms with Crippen molar-refractivity contribution in [2.24, 2.45) is 31.7 Å². The third-order valence-corrected chi connectivity index (χ3v) is 9.70. The largest absolute Gasteiger partial charge is 0.494 e. The van der Waals surface area contributed by atoms with Gasteiger partial charge in [0, 0.05) is 44.4 Å². The van der Waals surface area contributed by atoms with E-state index in [0.717, 1.165) is 43.4 Å². The molecule has 18 nitrogen and oxygen atoms in total. The fourth-order valence-electron chi connectivity index (χ4n) is 6.14. The minimum Gasteiger partial charge on any atom is -0.494 e. The average molecular weight is 873 g/mol. The number of nitrogens with zero attached hydrogens (tertiary/aromatic N) is 8. The van der Waals surface area contributed by atoms with Gasteiger partial charge in [-0.3, -0.25) is 28.5 Å². The Kier molecular flexibility index (Phi) is 14.4. The Morgan fingerprint density at radius 3 is 1.57 bits per heavy atom. The SMILES string of the molecule is C=CC(=O)Nc1cc(Nc2cccc(-c3ncn(C)n3)c2OC)c(C(=O)C2CC2)cn1.C=CC(N)=O.COc1c(Nc2cc(Cl)ncc2C(=O)C2CC2)cccc1-c1ncn(C)n1. The number of amides is 2. The number of nitrogens with one attached hydrogen (secondary N) is 3. The number of nitrogens with two attached hydrogens (primary N) is 1. The van der Waals surface area contributed by atoms with Crippen LogP contribution in [0.3, 0.4) is 0 Å². The molecule has 2 amide bonds. The van der Waals surface area contributed by atoms with Crippen molar-refractivity contribution in [2.45, 2.75) is 25.7 Å². The monoisotopic (exact) mass is 872 g/mol. The molecule has 6 aromatic rings. The maximum atomic E-state index is 12.8. The van der Waals surface area contributed by atoms with E-state index >= 15 is 0 Å². The van der Waals surface area contributed by atoms with Crippen LogP contribution in [0.25, 0.3) is 22.8 Å². The molecular weight excluding hydrogens is 828 g/mol. The number of aryl methyl sites for hydroxylation is 2. The number of hydrogen-bond acceptors (Lipinski definition) is 14. The molecule has 0 atom stereocenters. The molecule has 4 heterocycles. The zero-order valence-electron chi connectivity index (χ0n) is 35.0. The van der Waals surface area contributed by atoms with Gasteiger partial charge in [-0.05, 0) is 68.2 Å². The number of ether oxygens (including phenoxy) is 2. The normalized spacial score (nSPS) is 12.6. The first-order valence-electron chi connectivity index (χ1n) is 19.5. The molecule has 2 aliphatic carbocycles. The molecule has 0 unspecified atom stereocenters. The highest BCUT2D eigenvalue weighted by molar-refractivity contribution is 6.30. The highest BCUT2D eigenvalue weighted by atomic mass is 35.5. The molecule has 2 aliphatic rings. The third-order valence-electron chi connectivity index (χ3n) is 9.50. The number of pyridine rings is 2. The van der Waals surface area contributed by atoms with E-state index in [1.54, 1.807) is 62.5 Å². The number of aromatic nitrogens is 8. The highest BCUT2D eigenvalue weighted by Crippen LogP contribution is 2.41. The number of ketones is 2. The van der Waals surface area contributed by atoms with Crippen molar-refractivity contribution in [3.8, 4) is 34.3 Å². The van der Waals surface area contributed by atoms with Gasteiger partial charge in [0.1, 0.15) is 23.6 Å². The number of methoxy groups -OCH3 is 2. The molecule has 2 aromatic carbocycles. The molecule has 0 spiro atoms. The molecule has 2 saturated carbocycles. The van der Waals surface area contributed by atoms with Crippen molar-refractivity contribution >= 4 is 63.5 Å². The van der Waals surface area contributed by atoms with Crippen LogP contribution in [-0.2, 0) is 23.7 Å². The van der Waals surface area contributed by atoms with Crippen LogP contribution in [0.15, 0.2) is 98.9 Å². The second kappa shape index (κ2) is 20.2. The molecule has 2 fully saturated rings. The summed E-state index contributed by atoms with van der Waals surface area (Å²) in [7, 11) is 6.74. The van der Waals surface area contributed by atoms with E-state index in [1.807, 2.05) is 36.4 Å². The Bertz CT molecular complexity index is 2690. The van der Waals surface area contributed by atoms with Gasteiger partial charge in [0.2, 0.25) is 11.8 Å². The molecule has 63 heavy (non-hydrogen) atoms. The topological polar surface area (TPSA) is 236 Å². The van der Waals surface area contributed by atoms with E-state index in [1.165, 1.54) is 12.4 Å². The third kappa shape index (κ3) is 11.4. The van der Waals surface area contributed by atoms with Gasteiger partial charge in [0.15, 0.2) is 34.7 Å². The molecule has 0 bridgehead atoms. The second-order valence-corrected chi connectivity index (χ2v) is 14.6. The number of benzene rings is 2. The van der Waals surface area contributed by atoms with Crippen LogP contribution in [0.2, 0.25) is 5.15 Å². The number of para-hydroxylation sites is 2. The Hall–Kier alpha value is -7.73. The fourth-order valence-corrected chi connectivity index (χ4v) is 6.30. The van der Waals surface area contributed by atoms with Crippen molar-refractivity contribution in [3.63, 3.8) is 0 Å². The minimum absolute atomic E-state index is 0.0157. The summed E-state index contributed by atoms with van der Waals surface area (Å²) >= 11 is 6.07. The number of halogens is 1. The standard InChI is InChI=1S/C22H22N6O3.C19H18ClN5O2.C3H5NO/c1-4-19(29)26-18-10-17(15(11-23-18)20(30)13-8-9-13)25-16-7-5-6-14(21(16)31-3)22-24-12-28(2)27-22;1-25-10-22-19(24-25)12-4-3-5-14(18(12)27-2)23-15-8-16(20)21-9-13(15)17(26)11-6-7-11;1-2-3(4)5/h4-7,10-13H,1,8-9H2,2-3H3,(H2,23,25,26,29);3-5,8-11H,6-7H2,1-2H3,(H,21,23);2H,1H2,(H2,4,5). The summed E-state index contributed by atoms with van der Waals surface area (Å²) in [5.74, 6) is 1.84. The van der Waals surface area contributed by atoms with Gasteiger partial charge in [-0.2, -0.15) is 10.2 Å². The summed E-state index contributed by atoms with van der Waals surface area (Å²) in [6, 6.07) is 14.4. The second-order valence-electron chi connectivity index (χ2n) is 14.3. The summed E-state index contributed by atoms with van der Waals surface area (Å²) < 4.78 is 14.5. The number of Topliss-reactive ketones (excluding diaryl/α,β-unsaturated/α-hetero) is 2. The van der Waals surface area contributed by atoms with Crippen LogP contribution < -0.4 is 31.2 Å². The molecule has 324 valence electrons. The number of primary amides is 1. The van der Waals surface area contributed by atoms with E-state index in [-0.39, 0.29) is 29.3 Å². The molecule has 8 rings (SSSR count). The summed E-state index contributed by atoms with van der Waals surface area (Å²) in [6.07, 6.45) is 12.1. The summed E-state index contributed by atoms with van der Waals surface area (Å²) in [6.45, 7) is 6.53. The van der Waals surface area contributed by atoms with E-state index in [4.69, 9.17) is 21.1 Å². The fraction of sp³-hybridized carbons (Fsp3) is 0.227. The lowest BCUT2D eigenvalue weighted by molar-refractivity contribution is -0.113. The van der Waals surface area contributed by atoms with E-state index in [9.17, 15) is 19.2 Å². The predicted octanol–water partition coefficient (Wildman–Crippen LogP) is 6.88. The first-order chi connectivity index (χ1) is 30.3. The van der Waals surface area contributed by atoms with Crippen LogP contribution in [-0.4, -0.2) is 77.1 Å². The Balaban J connectivity index is 0.000000191. The molecule has 19 heteroatoms. The Morgan fingerprint density at radius 1 is 0.714 bits per heavy atom. The molecule has 0 aliphatic heterocycles. The highest BCUT2D eigenvalue weighted by Gasteiger charge is 2.33. The van der Waals surface area contributed by atoms with E-state index in [2.05, 4.69) is 65.0 Å². The summed E-state index contributed by atoms with van der Waals surface area (Å²) in [5, 5.41) is 18.2. The van der Waals surface area contributed by atoms with Gasteiger partial charge in [-0.15, -0.1) is 0 Å². The van der Waals surface area contributed by atoms with Crippen molar-refractivity contribution in [1.29, 1.82) is 0 Å². The van der Waals surface area contributed by atoms with E-state index in [0.29, 0.717) is 73.6 Å². The van der Waals surface area contributed by atoms with Crippen molar-refractivity contribution in [2.75, 3.05) is 30.2 Å². The number of hydrogen-bond donors (Lipinski definition) is 4. The zero-order chi connectivity index (χ0) is 45.2. The number of carbonyl (C=O) groups excluding carboxylic acids is 4. The molecule has 5 N–H and O–H groups in total. The van der Waals surface area contributed by atoms with Crippen molar-refractivity contribution in [3.05, 3.63) is 115 Å². The van der Waals surface area contributed by atoms with Gasteiger partial charge in [0.25, 0.3) is 0 Å². The van der Waals surface area contributed by atoms with Crippen molar-refractivity contribution < 1.29 is 28.7 Å². The van der Waals surface area contributed by atoms with Crippen LogP contribution in [0.1, 0.15) is 46.4 Å². The molecule has 4 aromatic heterocycles. The number of anilines is 5. The van der Waals surface area contributed by atoms with Crippen LogP contribution in [0, 0.1) is 11.8 Å². The summed E-state index contributed by atoms with van der Waals surface area (Å²) in [5.41, 5.74) is 9.43. The first-order valence-corrected chi connectivity index (χ1v) is 19.9. The van der Waals surface area contributed by atoms with Gasteiger partial charge in [0.05, 0.1) is 59.2 Å². The number of carbonyl (C=O) groups is 4. The smallest absolute Gasteiger partial charge is 0.248 e. The first kappa shape index (κ1) is 44.8. The lowest BCUT2D eigenvalue weighted by atomic mass is 10.1. The number of rotatable bonds is 15. The lowest BCUT2D eigenvalue weighted by Crippen LogP contribution is -2.12. The quantitative estimate of drug-likeness (QED) is 0.0468. The van der Waals surface area contributed by atoms with Gasteiger partial charge in [-0.1, -0.05) is 36.9 Å². The lowest BCUT2D eigenvalue weighted by Gasteiger charge is -2.16. The van der Waals surface area contributed by atoms with Crippen LogP contribution in [0.4, 0.5) is 28.6 Å². The molecule has 0 radical (unpaired) electrons. The van der Waals surface area contributed by atoms with E-state index < -0.39 is 5.91 Å². The average Bonchev–Trinajstić information content (AvgIpc) is 4.22. The minimum atomic E-state index is -0.481. The molecule has 0 saturated heterocycles. The maximum Gasteiger partial charge on any atom is 0.248 e. The van der Waals surface area contributed by atoms with Crippen LogP contribution in [0.5, 0.6) is 11.5 Å². The van der Waals surface area contributed by atoms with Gasteiger partial charge in [-0.25, -0.2) is 19.9 Å². The molecular formula is C44H45ClN12O6. The Morgan fingerprint density at radius 2 is 1.17 bits per heavy atom. The Labute approximate surface area is 367 Å². The van der Waals surface area contributed by atoms with Gasteiger partial charge >= 0.3 is 0 Å². The summed E-state index contributed by atoms with van der Waals surface area (Å²) in [4.78, 5) is 63.5. The van der Waals surface area contributed by atoms with Gasteiger partial charge < -0.3 is 31.2 Å². The maximum absolute atomic E-state index is 12.8. The predicted molar refractivity (Wildman–Crippen MR) is 238 cm³/mol. The van der Waals surface area contributed by atoms with Crippen LogP contribution >= 0.6 is 11.6 Å².